The van der Waals surface area contributed by atoms with Crippen LogP contribution in [0.4, 0.5) is 11.4 Å². The number of carbonyl (C=O) groups is 1. The molecule has 2 aromatic carbocycles. The van der Waals surface area contributed by atoms with Crippen molar-refractivity contribution in [2.45, 2.75) is 26.3 Å². The molecule has 1 saturated heterocycles. The molecule has 144 valence electrons. The summed E-state index contributed by atoms with van der Waals surface area (Å²) in [6, 6.07) is 17.9. The van der Waals surface area contributed by atoms with Gasteiger partial charge in [0.05, 0.1) is 29.2 Å². The first-order valence-corrected chi connectivity index (χ1v) is 9.93. The molecule has 0 atom stereocenters. The molecular formula is C22H23ClN4O. The molecule has 6 heteroatoms. The number of aromatic nitrogens is 2. The minimum Gasteiger partial charge on any atom is -0.370 e. The summed E-state index contributed by atoms with van der Waals surface area (Å²) in [5, 5.41) is 7.88. The van der Waals surface area contributed by atoms with Crippen LogP contribution in [0.5, 0.6) is 0 Å². The highest BCUT2D eigenvalue weighted by Crippen LogP contribution is 2.30. The lowest BCUT2D eigenvalue weighted by atomic mass is 10.2. The molecule has 4 rings (SSSR count). The van der Waals surface area contributed by atoms with Crippen LogP contribution in [0, 0.1) is 6.92 Å². The van der Waals surface area contributed by atoms with E-state index in [4.69, 9.17) is 11.6 Å². The molecule has 0 saturated carbocycles. The van der Waals surface area contributed by atoms with Crippen LogP contribution < -0.4 is 10.2 Å². The summed E-state index contributed by atoms with van der Waals surface area (Å²) < 4.78 is 1.67. The van der Waals surface area contributed by atoms with Crippen LogP contribution in [0.25, 0.3) is 0 Å². The predicted molar refractivity (Wildman–Crippen MR) is 113 cm³/mol. The predicted octanol–water partition coefficient (Wildman–Crippen LogP) is 4.75. The number of hydrogen-bond acceptors (Lipinski definition) is 3. The van der Waals surface area contributed by atoms with E-state index < -0.39 is 0 Å². The van der Waals surface area contributed by atoms with Crippen molar-refractivity contribution < 1.29 is 4.79 Å². The van der Waals surface area contributed by atoms with Gasteiger partial charge in [0.15, 0.2) is 0 Å². The fourth-order valence-corrected chi connectivity index (χ4v) is 3.99. The average Bonchev–Trinajstić information content (AvgIpc) is 3.32. The van der Waals surface area contributed by atoms with Gasteiger partial charge in [-0.05, 0) is 37.5 Å². The number of aryl methyl sites for hydroxylation is 1. The number of nitrogens with one attached hydrogen (secondary N) is 1. The van der Waals surface area contributed by atoms with E-state index >= 15 is 0 Å². The van der Waals surface area contributed by atoms with Crippen LogP contribution >= 0.6 is 11.6 Å². The smallest absolute Gasteiger partial charge is 0.260 e. The van der Waals surface area contributed by atoms with E-state index in [-0.39, 0.29) is 5.91 Å². The molecule has 0 bridgehead atoms. The maximum atomic E-state index is 13.0. The van der Waals surface area contributed by atoms with Gasteiger partial charge in [0.25, 0.3) is 5.91 Å². The van der Waals surface area contributed by atoms with Gasteiger partial charge >= 0.3 is 0 Å². The number of halogens is 1. The zero-order chi connectivity index (χ0) is 19.5. The van der Waals surface area contributed by atoms with Crippen molar-refractivity contribution in [2.24, 2.45) is 0 Å². The first-order valence-electron chi connectivity index (χ1n) is 9.55. The number of para-hydroxylation sites is 2. The molecular weight excluding hydrogens is 372 g/mol. The normalized spacial score (nSPS) is 13.7. The highest BCUT2D eigenvalue weighted by molar-refractivity contribution is 6.33. The second-order valence-electron chi connectivity index (χ2n) is 7.06. The highest BCUT2D eigenvalue weighted by Gasteiger charge is 2.22. The molecule has 28 heavy (non-hydrogen) atoms. The van der Waals surface area contributed by atoms with Gasteiger partial charge < -0.3 is 10.2 Å². The summed E-state index contributed by atoms with van der Waals surface area (Å²) in [5.74, 6) is -0.228. The lowest BCUT2D eigenvalue weighted by molar-refractivity contribution is 0.102. The number of hydrogen-bond donors (Lipinski definition) is 1. The fraction of sp³-hybridized carbons (Fsp3) is 0.273. The molecule has 1 aromatic heterocycles. The minimum absolute atomic E-state index is 0.228. The number of amides is 1. The zero-order valence-corrected chi connectivity index (χ0v) is 16.6. The third-order valence-electron chi connectivity index (χ3n) is 5.07. The number of rotatable bonds is 5. The SMILES string of the molecule is Cc1nn(Cc2ccccc2)c(Cl)c1C(=O)Nc1ccccc1N1CCCC1. The van der Waals surface area contributed by atoms with Crippen LogP contribution in [-0.4, -0.2) is 28.8 Å². The lowest BCUT2D eigenvalue weighted by Crippen LogP contribution is -2.21. The molecule has 1 fully saturated rings. The van der Waals surface area contributed by atoms with Gasteiger partial charge in [0.2, 0.25) is 0 Å². The summed E-state index contributed by atoms with van der Waals surface area (Å²) in [7, 11) is 0. The first kappa shape index (κ1) is 18.6. The summed E-state index contributed by atoms with van der Waals surface area (Å²) in [6.07, 6.45) is 2.36. The summed E-state index contributed by atoms with van der Waals surface area (Å²) in [4.78, 5) is 15.3. The quantitative estimate of drug-likeness (QED) is 0.679. The van der Waals surface area contributed by atoms with Crippen molar-refractivity contribution in [1.82, 2.24) is 9.78 Å². The molecule has 3 aromatic rings. The summed E-state index contributed by atoms with van der Waals surface area (Å²) in [6.45, 7) is 4.37. The Morgan fingerprint density at radius 1 is 1.07 bits per heavy atom. The van der Waals surface area contributed by atoms with E-state index in [1.165, 1.54) is 12.8 Å². The Bertz CT molecular complexity index is 977. The van der Waals surface area contributed by atoms with Crippen molar-refractivity contribution in [3.05, 3.63) is 76.6 Å². The second kappa shape index (κ2) is 8.07. The Morgan fingerprint density at radius 3 is 2.50 bits per heavy atom. The topological polar surface area (TPSA) is 50.2 Å². The molecule has 0 unspecified atom stereocenters. The van der Waals surface area contributed by atoms with Crippen molar-refractivity contribution in [1.29, 1.82) is 0 Å². The molecule has 0 radical (unpaired) electrons. The van der Waals surface area contributed by atoms with Crippen LogP contribution in [0.2, 0.25) is 5.15 Å². The average molecular weight is 395 g/mol. The standard InChI is InChI=1S/C22H23ClN4O/c1-16-20(21(23)27(25-16)15-17-9-3-2-4-10-17)22(28)24-18-11-5-6-12-19(18)26-13-7-8-14-26/h2-6,9-12H,7-8,13-15H2,1H3,(H,24,28). The van der Waals surface area contributed by atoms with Gasteiger partial charge in [-0.2, -0.15) is 5.10 Å². The summed E-state index contributed by atoms with van der Waals surface area (Å²) in [5.41, 5.74) is 3.99. The summed E-state index contributed by atoms with van der Waals surface area (Å²) >= 11 is 6.54. The second-order valence-corrected chi connectivity index (χ2v) is 7.42. The largest absolute Gasteiger partial charge is 0.370 e. The number of carbonyl (C=O) groups excluding carboxylic acids is 1. The van der Waals surface area contributed by atoms with Crippen molar-refractivity contribution >= 4 is 28.9 Å². The van der Waals surface area contributed by atoms with E-state index in [1.807, 2.05) is 61.5 Å². The van der Waals surface area contributed by atoms with Crippen molar-refractivity contribution in [2.75, 3.05) is 23.3 Å². The Balaban J connectivity index is 1.58. The maximum absolute atomic E-state index is 13.0. The molecule has 1 amide bonds. The number of anilines is 2. The Morgan fingerprint density at radius 2 is 1.75 bits per heavy atom. The lowest BCUT2D eigenvalue weighted by Gasteiger charge is -2.21. The van der Waals surface area contributed by atoms with Gasteiger partial charge in [0, 0.05) is 13.1 Å². The minimum atomic E-state index is -0.228. The molecule has 0 aliphatic carbocycles. The molecule has 1 aliphatic rings. The molecule has 1 N–H and O–H groups in total. The van der Waals surface area contributed by atoms with E-state index in [9.17, 15) is 4.79 Å². The van der Waals surface area contributed by atoms with Gasteiger partial charge in [-0.1, -0.05) is 54.1 Å². The van der Waals surface area contributed by atoms with Crippen molar-refractivity contribution in [3.63, 3.8) is 0 Å². The van der Waals surface area contributed by atoms with Crippen molar-refractivity contribution in [3.8, 4) is 0 Å². The van der Waals surface area contributed by atoms with E-state index in [1.54, 1.807) is 4.68 Å². The highest BCUT2D eigenvalue weighted by atomic mass is 35.5. The Kier molecular flexibility index (Phi) is 5.35. The Hall–Kier alpha value is -2.79. The van der Waals surface area contributed by atoms with Gasteiger partial charge in [-0.25, -0.2) is 4.68 Å². The number of benzene rings is 2. The molecule has 1 aliphatic heterocycles. The molecule has 5 nitrogen and oxygen atoms in total. The Labute approximate surface area is 169 Å². The number of nitrogens with zero attached hydrogens (tertiary/aromatic N) is 3. The van der Waals surface area contributed by atoms with Gasteiger partial charge in [0.1, 0.15) is 5.15 Å². The van der Waals surface area contributed by atoms with Crippen LogP contribution in [-0.2, 0) is 6.54 Å². The fourth-order valence-electron chi connectivity index (χ4n) is 3.67. The third kappa shape index (κ3) is 3.76. The van der Waals surface area contributed by atoms with Gasteiger partial charge in [-0.15, -0.1) is 0 Å². The van der Waals surface area contributed by atoms with E-state index in [0.717, 1.165) is 30.0 Å². The van der Waals surface area contributed by atoms with E-state index in [2.05, 4.69) is 15.3 Å². The molecule has 2 heterocycles. The third-order valence-corrected chi connectivity index (χ3v) is 5.45. The molecule has 0 spiro atoms. The van der Waals surface area contributed by atoms with E-state index in [0.29, 0.717) is 23.0 Å². The van der Waals surface area contributed by atoms with Gasteiger partial charge in [-0.3, -0.25) is 4.79 Å². The maximum Gasteiger partial charge on any atom is 0.260 e. The zero-order valence-electron chi connectivity index (χ0n) is 15.9. The van der Waals surface area contributed by atoms with Crippen LogP contribution in [0.15, 0.2) is 54.6 Å². The monoisotopic (exact) mass is 394 g/mol. The van der Waals surface area contributed by atoms with Crippen LogP contribution in [0.3, 0.4) is 0 Å². The first-order chi connectivity index (χ1) is 13.6. The van der Waals surface area contributed by atoms with Crippen LogP contribution in [0.1, 0.15) is 34.5 Å².